The third-order valence-electron chi connectivity index (χ3n) is 3.90. The minimum atomic E-state index is -0.530. The molecule has 0 spiro atoms. The molecule has 0 N–H and O–H groups in total. The molecule has 6 nitrogen and oxygen atoms in total. The summed E-state index contributed by atoms with van der Waals surface area (Å²) in [4.78, 5) is 12.3. The molecular formula is C21H19NO5. The number of benzene rings is 2. The van der Waals surface area contributed by atoms with Gasteiger partial charge in [-0.3, -0.25) is 0 Å². The van der Waals surface area contributed by atoms with E-state index in [0.717, 1.165) is 5.39 Å². The lowest BCUT2D eigenvalue weighted by Crippen LogP contribution is -2.08. The highest BCUT2D eigenvalue weighted by Gasteiger charge is 2.22. The van der Waals surface area contributed by atoms with E-state index in [-0.39, 0.29) is 19.0 Å². The molecule has 0 unspecified atom stereocenters. The van der Waals surface area contributed by atoms with Gasteiger partial charge in [-0.2, -0.15) is 5.26 Å². The number of para-hydroxylation sites is 1. The van der Waals surface area contributed by atoms with Crippen LogP contribution in [-0.4, -0.2) is 19.2 Å². The molecule has 0 aliphatic rings. The van der Waals surface area contributed by atoms with E-state index in [1.54, 1.807) is 31.2 Å². The lowest BCUT2D eigenvalue weighted by molar-refractivity contribution is 0.0488. The van der Waals surface area contributed by atoms with Gasteiger partial charge in [0.1, 0.15) is 12.2 Å². The van der Waals surface area contributed by atoms with Gasteiger partial charge >= 0.3 is 5.97 Å². The van der Waals surface area contributed by atoms with Crippen molar-refractivity contribution in [3.8, 4) is 17.6 Å². The van der Waals surface area contributed by atoms with Crippen LogP contribution < -0.4 is 9.47 Å². The zero-order valence-electron chi connectivity index (χ0n) is 15.2. The maximum Gasteiger partial charge on any atom is 0.374 e. The van der Waals surface area contributed by atoms with E-state index >= 15 is 0 Å². The Kier molecular flexibility index (Phi) is 5.62. The highest BCUT2D eigenvalue weighted by atomic mass is 16.5. The third-order valence-corrected chi connectivity index (χ3v) is 3.90. The Bertz CT molecular complexity index is 999. The molecule has 6 heteroatoms. The van der Waals surface area contributed by atoms with Crippen LogP contribution in [0.15, 0.2) is 46.9 Å². The summed E-state index contributed by atoms with van der Waals surface area (Å²) in [5, 5.41) is 9.84. The largest absolute Gasteiger partial charge is 0.490 e. The number of carbonyl (C=O) groups excluding carboxylic acids is 1. The van der Waals surface area contributed by atoms with Crippen LogP contribution >= 0.6 is 0 Å². The maximum absolute atomic E-state index is 12.3. The molecule has 0 aliphatic heterocycles. The first kappa shape index (κ1) is 18.3. The molecule has 0 saturated heterocycles. The molecule has 1 heterocycles. The van der Waals surface area contributed by atoms with Crippen LogP contribution in [0, 0.1) is 11.3 Å². The Balaban J connectivity index is 1.94. The normalized spacial score (nSPS) is 10.4. The van der Waals surface area contributed by atoms with Crippen LogP contribution in [-0.2, 0) is 11.3 Å². The fourth-order valence-corrected chi connectivity index (χ4v) is 2.72. The van der Waals surface area contributed by atoms with Crippen molar-refractivity contribution in [1.82, 2.24) is 0 Å². The Hall–Kier alpha value is -3.46. The monoisotopic (exact) mass is 365 g/mol. The molecule has 3 rings (SSSR count). The number of hydrogen-bond donors (Lipinski definition) is 0. The van der Waals surface area contributed by atoms with Gasteiger partial charge in [0.15, 0.2) is 11.5 Å². The second-order valence-electron chi connectivity index (χ2n) is 5.62. The summed E-state index contributed by atoms with van der Waals surface area (Å²) in [6, 6.07) is 14.4. The Morgan fingerprint density at radius 2 is 1.89 bits per heavy atom. The number of carbonyl (C=O) groups is 1. The van der Waals surface area contributed by atoms with E-state index in [1.165, 1.54) is 0 Å². The van der Waals surface area contributed by atoms with Gasteiger partial charge in [-0.25, -0.2) is 4.79 Å². The molecule has 0 aliphatic carbocycles. The van der Waals surface area contributed by atoms with E-state index in [4.69, 9.17) is 23.9 Å². The highest BCUT2D eigenvalue weighted by Crippen LogP contribution is 2.32. The van der Waals surface area contributed by atoms with E-state index in [1.807, 2.05) is 25.1 Å². The molecule has 0 saturated carbocycles. The predicted molar refractivity (Wildman–Crippen MR) is 98.8 cm³/mol. The van der Waals surface area contributed by atoms with Crippen molar-refractivity contribution >= 4 is 16.9 Å². The van der Waals surface area contributed by atoms with Gasteiger partial charge in [-0.05, 0) is 32.0 Å². The summed E-state index contributed by atoms with van der Waals surface area (Å²) in [7, 11) is 0. The van der Waals surface area contributed by atoms with Crippen LogP contribution in [0.25, 0.3) is 11.0 Å². The first-order chi connectivity index (χ1) is 13.2. The second-order valence-corrected chi connectivity index (χ2v) is 5.62. The molecular weight excluding hydrogens is 346 g/mol. The van der Waals surface area contributed by atoms with Gasteiger partial charge in [0.25, 0.3) is 0 Å². The molecule has 2 aromatic carbocycles. The molecule has 1 aromatic heterocycles. The number of esters is 1. The Morgan fingerprint density at radius 3 is 2.63 bits per heavy atom. The van der Waals surface area contributed by atoms with Crippen molar-refractivity contribution < 1.29 is 23.4 Å². The summed E-state index contributed by atoms with van der Waals surface area (Å²) in [5.74, 6) is 0.555. The zero-order chi connectivity index (χ0) is 19.2. The second kappa shape index (κ2) is 8.28. The number of nitrogens with zero attached hydrogens (tertiary/aromatic N) is 1. The lowest BCUT2D eigenvalue weighted by Gasteiger charge is -2.12. The number of nitriles is 1. The standard InChI is InChI=1S/C21H19NO5/c1-3-24-19-11-14(12-22)9-10-18(19)26-13-16-15-7-5-6-8-17(15)27-20(16)21(23)25-4-2/h5-11H,3-4,13H2,1-2H3. The fourth-order valence-electron chi connectivity index (χ4n) is 2.72. The topological polar surface area (TPSA) is 81.7 Å². The highest BCUT2D eigenvalue weighted by molar-refractivity contribution is 5.96. The summed E-state index contributed by atoms with van der Waals surface area (Å²) >= 11 is 0. The summed E-state index contributed by atoms with van der Waals surface area (Å²) in [5.41, 5.74) is 1.67. The predicted octanol–water partition coefficient (Wildman–Crippen LogP) is 4.46. The number of furan rings is 1. The quantitative estimate of drug-likeness (QED) is 0.575. The fraction of sp³-hybridized carbons (Fsp3) is 0.238. The molecule has 0 bridgehead atoms. The van der Waals surface area contributed by atoms with Crippen molar-refractivity contribution in [3.63, 3.8) is 0 Å². The summed E-state index contributed by atoms with van der Waals surface area (Å²) < 4.78 is 22.3. The molecule has 138 valence electrons. The van der Waals surface area contributed by atoms with Gasteiger partial charge in [0.2, 0.25) is 5.76 Å². The van der Waals surface area contributed by atoms with Crippen LogP contribution in [0.3, 0.4) is 0 Å². The number of hydrogen-bond acceptors (Lipinski definition) is 6. The van der Waals surface area contributed by atoms with Gasteiger partial charge in [0.05, 0.1) is 30.4 Å². The smallest absolute Gasteiger partial charge is 0.374 e. The molecule has 27 heavy (non-hydrogen) atoms. The molecule has 3 aromatic rings. The van der Waals surface area contributed by atoms with Crippen molar-refractivity contribution in [2.24, 2.45) is 0 Å². The first-order valence-electron chi connectivity index (χ1n) is 8.65. The van der Waals surface area contributed by atoms with E-state index in [2.05, 4.69) is 6.07 Å². The van der Waals surface area contributed by atoms with Crippen molar-refractivity contribution in [2.45, 2.75) is 20.5 Å². The van der Waals surface area contributed by atoms with Gasteiger partial charge in [-0.1, -0.05) is 18.2 Å². The van der Waals surface area contributed by atoms with E-state index < -0.39 is 5.97 Å². The Morgan fingerprint density at radius 1 is 1.07 bits per heavy atom. The third kappa shape index (κ3) is 3.87. The molecule has 0 amide bonds. The average molecular weight is 365 g/mol. The van der Waals surface area contributed by atoms with Crippen molar-refractivity contribution in [2.75, 3.05) is 13.2 Å². The van der Waals surface area contributed by atoms with E-state index in [9.17, 15) is 4.79 Å². The SMILES string of the molecule is CCOC(=O)c1oc2ccccc2c1COc1ccc(C#N)cc1OCC. The van der Waals surface area contributed by atoms with Gasteiger partial charge in [-0.15, -0.1) is 0 Å². The lowest BCUT2D eigenvalue weighted by atomic mass is 10.1. The average Bonchev–Trinajstić information content (AvgIpc) is 3.06. The Labute approximate surface area is 156 Å². The molecule has 0 fully saturated rings. The van der Waals surface area contributed by atoms with Crippen LogP contribution in [0.2, 0.25) is 0 Å². The minimum absolute atomic E-state index is 0.0944. The number of rotatable bonds is 7. The van der Waals surface area contributed by atoms with Crippen LogP contribution in [0.5, 0.6) is 11.5 Å². The van der Waals surface area contributed by atoms with Gasteiger partial charge < -0.3 is 18.6 Å². The van der Waals surface area contributed by atoms with Crippen molar-refractivity contribution in [3.05, 3.63) is 59.4 Å². The van der Waals surface area contributed by atoms with Crippen LogP contribution in [0.1, 0.15) is 35.5 Å². The zero-order valence-corrected chi connectivity index (χ0v) is 15.2. The number of fused-ring (bicyclic) bond motifs is 1. The number of ether oxygens (including phenoxy) is 3. The van der Waals surface area contributed by atoms with Crippen LogP contribution in [0.4, 0.5) is 0 Å². The molecule has 0 atom stereocenters. The summed E-state index contributed by atoms with van der Waals surface area (Å²) in [6.07, 6.45) is 0. The van der Waals surface area contributed by atoms with Crippen molar-refractivity contribution in [1.29, 1.82) is 5.26 Å². The van der Waals surface area contributed by atoms with E-state index in [0.29, 0.717) is 34.8 Å². The van der Waals surface area contributed by atoms with Gasteiger partial charge in [0, 0.05) is 11.5 Å². The molecule has 0 radical (unpaired) electrons. The first-order valence-corrected chi connectivity index (χ1v) is 8.65. The minimum Gasteiger partial charge on any atom is -0.490 e. The summed E-state index contributed by atoms with van der Waals surface area (Å²) in [6.45, 7) is 4.37. The maximum atomic E-state index is 12.3.